The maximum absolute atomic E-state index is 11.5. The minimum atomic E-state index is -0.415. The van der Waals surface area contributed by atoms with Crippen LogP contribution in [0.3, 0.4) is 0 Å². The predicted octanol–water partition coefficient (Wildman–Crippen LogP) is 0.154. The molecule has 0 bridgehead atoms. The van der Waals surface area contributed by atoms with Crippen molar-refractivity contribution < 1.29 is 14.3 Å². The van der Waals surface area contributed by atoms with E-state index in [4.69, 9.17) is 9.47 Å². The minimum Gasteiger partial charge on any atom is -0.379 e. The van der Waals surface area contributed by atoms with Gasteiger partial charge in [0.1, 0.15) is 6.10 Å². The molecule has 0 aliphatic heterocycles. The van der Waals surface area contributed by atoms with Crippen molar-refractivity contribution >= 4 is 5.91 Å². The van der Waals surface area contributed by atoms with E-state index < -0.39 is 6.10 Å². The van der Waals surface area contributed by atoms with E-state index in [0.29, 0.717) is 26.4 Å². The van der Waals surface area contributed by atoms with Crippen molar-refractivity contribution in [1.82, 2.24) is 10.6 Å². The third kappa shape index (κ3) is 8.64. The van der Waals surface area contributed by atoms with Gasteiger partial charge in [0, 0.05) is 19.7 Å². The van der Waals surface area contributed by atoms with Gasteiger partial charge in [0.05, 0.1) is 13.2 Å². The van der Waals surface area contributed by atoms with E-state index in [1.165, 1.54) is 0 Å². The van der Waals surface area contributed by atoms with E-state index in [1.807, 2.05) is 13.8 Å². The molecule has 0 aromatic carbocycles. The molecular formula is C11H24N2O3. The lowest BCUT2D eigenvalue weighted by molar-refractivity contribution is -0.132. The van der Waals surface area contributed by atoms with Gasteiger partial charge in [-0.15, -0.1) is 0 Å². The summed E-state index contributed by atoms with van der Waals surface area (Å²) in [5, 5.41) is 5.92. The highest BCUT2D eigenvalue weighted by atomic mass is 16.5. The summed E-state index contributed by atoms with van der Waals surface area (Å²) in [5.41, 5.74) is 0. The average Bonchev–Trinajstić information content (AvgIpc) is 2.29. The fourth-order valence-electron chi connectivity index (χ4n) is 1.10. The molecule has 0 aliphatic rings. The molecule has 1 unspecified atom stereocenters. The van der Waals surface area contributed by atoms with Crippen molar-refractivity contribution in [2.24, 2.45) is 0 Å². The molecule has 0 aromatic rings. The minimum absolute atomic E-state index is 0.0746. The van der Waals surface area contributed by atoms with E-state index in [-0.39, 0.29) is 5.91 Å². The fraction of sp³-hybridized carbons (Fsp3) is 0.909. The van der Waals surface area contributed by atoms with Crippen LogP contribution >= 0.6 is 0 Å². The summed E-state index contributed by atoms with van der Waals surface area (Å²) in [6.45, 7) is 9.69. The number of rotatable bonds is 10. The molecule has 5 heteroatoms. The molecule has 0 rings (SSSR count). The summed E-state index contributed by atoms with van der Waals surface area (Å²) >= 11 is 0. The summed E-state index contributed by atoms with van der Waals surface area (Å²) in [4.78, 5) is 11.5. The molecule has 0 fully saturated rings. The molecule has 0 radical (unpaired) electrons. The second-order valence-electron chi connectivity index (χ2n) is 3.35. The summed E-state index contributed by atoms with van der Waals surface area (Å²) in [5.74, 6) is -0.0746. The monoisotopic (exact) mass is 232 g/mol. The molecule has 0 aromatic heterocycles. The fourth-order valence-corrected chi connectivity index (χ4v) is 1.10. The topological polar surface area (TPSA) is 59.6 Å². The Bertz CT molecular complexity index is 177. The molecule has 16 heavy (non-hydrogen) atoms. The number of carbonyl (C=O) groups excluding carboxylic acids is 1. The predicted molar refractivity (Wildman–Crippen MR) is 63.5 cm³/mol. The Morgan fingerprint density at radius 3 is 2.62 bits per heavy atom. The van der Waals surface area contributed by atoms with Crippen LogP contribution in [0, 0.1) is 0 Å². The molecule has 0 aliphatic carbocycles. The van der Waals surface area contributed by atoms with Gasteiger partial charge in [0.15, 0.2) is 0 Å². The van der Waals surface area contributed by atoms with Crippen molar-refractivity contribution in [3.05, 3.63) is 0 Å². The van der Waals surface area contributed by atoms with E-state index in [9.17, 15) is 4.79 Å². The second kappa shape index (κ2) is 10.9. The molecule has 0 heterocycles. The van der Waals surface area contributed by atoms with Crippen molar-refractivity contribution in [2.75, 3.05) is 39.5 Å². The third-order valence-corrected chi connectivity index (χ3v) is 2.02. The molecule has 1 atom stereocenters. The molecule has 0 spiro atoms. The van der Waals surface area contributed by atoms with Crippen molar-refractivity contribution in [3.8, 4) is 0 Å². The Kier molecular flexibility index (Phi) is 10.4. The normalized spacial score (nSPS) is 12.4. The third-order valence-electron chi connectivity index (χ3n) is 2.02. The molecule has 1 amide bonds. The highest BCUT2D eigenvalue weighted by molar-refractivity contribution is 5.80. The number of carbonyl (C=O) groups is 1. The molecule has 5 nitrogen and oxygen atoms in total. The quantitative estimate of drug-likeness (QED) is 0.527. The Morgan fingerprint density at radius 1 is 1.25 bits per heavy atom. The van der Waals surface area contributed by atoms with Crippen LogP contribution in [0.15, 0.2) is 0 Å². The van der Waals surface area contributed by atoms with Gasteiger partial charge in [0.25, 0.3) is 0 Å². The van der Waals surface area contributed by atoms with Crippen LogP contribution in [0.1, 0.15) is 20.8 Å². The van der Waals surface area contributed by atoms with E-state index in [0.717, 1.165) is 13.1 Å². The average molecular weight is 232 g/mol. The van der Waals surface area contributed by atoms with E-state index in [1.54, 1.807) is 6.92 Å². The lowest BCUT2D eigenvalue weighted by Gasteiger charge is -2.13. The molecule has 0 saturated carbocycles. The number of hydrogen-bond donors (Lipinski definition) is 2. The van der Waals surface area contributed by atoms with Crippen molar-refractivity contribution in [3.63, 3.8) is 0 Å². The second-order valence-corrected chi connectivity index (χ2v) is 3.35. The summed E-state index contributed by atoms with van der Waals surface area (Å²) in [6.07, 6.45) is -0.415. The zero-order valence-electron chi connectivity index (χ0n) is 10.5. The van der Waals surface area contributed by atoms with E-state index >= 15 is 0 Å². The van der Waals surface area contributed by atoms with Gasteiger partial charge in [-0.3, -0.25) is 4.79 Å². The van der Waals surface area contributed by atoms with E-state index in [2.05, 4.69) is 10.6 Å². The van der Waals surface area contributed by atoms with Crippen LogP contribution in [-0.2, 0) is 14.3 Å². The lowest BCUT2D eigenvalue weighted by Crippen LogP contribution is -2.38. The first-order valence-corrected chi connectivity index (χ1v) is 5.90. The summed E-state index contributed by atoms with van der Waals surface area (Å²) in [7, 11) is 0. The zero-order chi connectivity index (χ0) is 12.2. The number of ether oxygens (including phenoxy) is 2. The molecule has 0 saturated heterocycles. The first-order chi connectivity index (χ1) is 7.72. The van der Waals surface area contributed by atoms with Gasteiger partial charge in [-0.1, -0.05) is 6.92 Å². The van der Waals surface area contributed by atoms with Crippen LogP contribution in [-0.4, -0.2) is 51.5 Å². The van der Waals surface area contributed by atoms with Gasteiger partial charge in [-0.25, -0.2) is 0 Å². The summed E-state index contributed by atoms with van der Waals surface area (Å²) in [6, 6.07) is 0. The van der Waals surface area contributed by atoms with Gasteiger partial charge >= 0.3 is 0 Å². The van der Waals surface area contributed by atoms with Crippen molar-refractivity contribution in [2.45, 2.75) is 26.9 Å². The maximum Gasteiger partial charge on any atom is 0.248 e. The largest absolute Gasteiger partial charge is 0.379 e. The van der Waals surface area contributed by atoms with Gasteiger partial charge in [-0.2, -0.15) is 0 Å². The van der Waals surface area contributed by atoms with Crippen LogP contribution in [0.2, 0.25) is 0 Å². The lowest BCUT2D eigenvalue weighted by atomic mass is 10.3. The van der Waals surface area contributed by atoms with Crippen LogP contribution in [0.5, 0.6) is 0 Å². The van der Waals surface area contributed by atoms with Crippen molar-refractivity contribution in [1.29, 1.82) is 0 Å². The smallest absolute Gasteiger partial charge is 0.248 e. The van der Waals surface area contributed by atoms with Crippen LogP contribution < -0.4 is 10.6 Å². The maximum atomic E-state index is 11.5. The first kappa shape index (κ1) is 15.3. The van der Waals surface area contributed by atoms with Crippen LogP contribution in [0.25, 0.3) is 0 Å². The Morgan fingerprint density at radius 2 is 2.00 bits per heavy atom. The van der Waals surface area contributed by atoms with Gasteiger partial charge < -0.3 is 20.1 Å². The Hall–Kier alpha value is -0.650. The summed E-state index contributed by atoms with van der Waals surface area (Å²) < 4.78 is 10.4. The Labute approximate surface area is 97.9 Å². The molecule has 96 valence electrons. The standard InChI is InChI=1S/C11H24N2O3/c1-4-12-6-7-13-11(14)10(3)16-9-8-15-5-2/h10,12H,4-9H2,1-3H3,(H,13,14). The Balaban J connectivity index is 3.42. The van der Waals surface area contributed by atoms with Crippen LogP contribution in [0.4, 0.5) is 0 Å². The molecule has 2 N–H and O–H groups in total. The van der Waals surface area contributed by atoms with Gasteiger partial charge in [-0.05, 0) is 20.4 Å². The number of nitrogens with one attached hydrogen (secondary N) is 2. The number of hydrogen-bond acceptors (Lipinski definition) is 4. The highest BCUT2D eigenvalue weighted by Crippen LogP contribution is 1.90. The molecular weight excluding hydrogens is 208 g/mol. The first-order valence-electron chi connectivity index (χ1n) is 5.90. The SMILES string of the molecule is CCNCCNC(=O)C(C)OCCOCC. The van der Waals surface area contributed by atoms with Gasteiger partial charge in [0.2, 0.25) is 5.91 Å². The zero-order valence-corrected chi connectivity index (χ0v) is 10.5. The number of amides is 1. The highest BCUT2D eigenvalue weighted by Gasteiger charge is 2.11. The number of likely N-dealkylation sites (N-methyl/N-ethyl adjacent to an activating group) is 1.